The van der Waals surface area contributed by atoms with Gasteiger partial charge in [0.2, 0.25) is 5.91 Å². The van der Waals surface area contributed by atoms with Crippen LogP contribution in [0.3, 0.4) is 0 Å². The first-order valence-corrected chi connectivity index (χ1v) is 5.06. The Labute approximate surface area is 92.2 Å². The van der Waals surface area contributed by atoms with E-state index in [2.05, 4.69) is 4.98 Å². The van der Waals surface area contributed by atoms with Crippen molar-refractivity contribution in [2.45, 2.75) is 0 Å². The lowest BCUT2D eigenvalue weighted by Crippen LogP contribution is -2.10. The summed E-state index contributed by atoms with van der Waals surface area (Å²) in [6.45, 7) is 0. The van der Waals surface area contributed by atoms with Crippen LogP contribution in [0.5, 0.6) is 0 Å². The number of para-hydroxylation sites is 1. The molecule has 3 rings (SSSR count). The van der Waals surface area contributed by atoms with Gasteiger partial charge in [0.1, 0.15) is 0 Å². The van der Waals surface area contributed by atoms with E-state index in [0.717, 1.165) is 22.0 Å². The minimum absolute atomic E-state index is 0.383. The quantitative estimate of drug-likeness (QED) is 0.636. The molecule has 0 fully saturated rings. The van der Waals surface area contributed by atoms with E-state index in [1.807, 2.05) is 36.5 Å². The number of nitrogens with one attached hydrogen (secondary N) is 1. The number of nitrogens with two attached hydrogens (primary N) is 1. The molecule has 0 saturated heterocycles. The van der Waals surface area contributed by atoms with Crippen molar-refractivity contribution in [1.82, 2.24) is 4.98 Å². The molecule has 1 heterocycles. The van der Waals surface area contributed by atoms with Gasteiger partial charge in [-0.1, -0.05) is 24.3 Å². The third-order valence-corrected chi connectivity index (χ3v) is 2.83. The van der Waals surface area contributed by atoms with Gasteiger partial charge in [0.25, 0.3) is 0 Å². The number of hydrogen-bond donors (Lipinski definition) is 2. The molecular formula is C13H10N2O. The van der Waals surface area contributed by atoms with Gasteiger partial charge in [-0.25, -0.2) is 0 Å². The second-order valence-corrected chi connectivity index (χ2v) is 3.78. The van der Waals surface area contributed by atoms with E-state index in [9.17, 15) is 4.79 Å². The summed E-state index contributed by atoms with van der Waals surface area (Å²) in [7, 11) is 0. The van der Waals surface area contributed by atoms with Crippen LogP contribution < -0.4 is 5.73 Å². The Balaban J connectivity index is 2.50. The first-order chi connectivity index (χ1) is 7.77. The van der Waals surface area contributed by atoms with Crippen LogP contribution in [-0.4, -0.2) is 10.9 Å². The summed E-state index contributed by atoms with van der Waals surface area (Å²) >= 11 is 0. The lowest BCUT2D eigenvalue weighted by Gasteiger charge is -2.07. The van der Waals surface area contributed by atoms with Gasteiger partial charge in [-0.15, -0.1) is 0 Å². The van der Waals surface area contributed by atoms with Crippen LogP contribution in [0, 0.1) is 0 Å². The summed E-state index contributed by atoms with van der Waals surface area (Å²) in [4.78, 5) is 14.5. The number of carbonyl (C=O) groups is 1. The SMILES string of the molecule is NC(=O)c1ccc2c[nH]c3ccccc3c1-2. The fraction of sp³-hybridized carbons (Fsp3) is 0. The number of carbonyl (C=O) groups excluding carboxylic acids is 1. The molecule has 3 nitrogen and oxygen atoms in total. The number of hydrogen-bond acceptors (Lipinski definition) is 1. The molecule has 1 aromatic carbocycles. The van der Waals surface area contributed by atoms with Crippen LogP contribution in [0.15, 0.2) is 42.6 Å². The summed E-state index contributed by atoms with van der Waals surface area (Å²) in [6, 6.07) is 11.5. The number of fused-ring (bicyclic) bond motifs is 3. The highest BCUT2D eigenvalue weighted by molar-refractivity contribution is 6.09. The molecule has 0 saturated carbocycles. The van der Waals surface area contributed by atoms with Gasteiger partial charge in [-0.3, -0.25) is 4.79 Å². The summed E-state index contributed by atoms with van der Waals surface area (Å²) in [6.07, 6.45) is 1.89. The number of aromatic amines is 1. The molecule has 1 aliphatic heterocycles. The van der Waals surface area contributed by atoms with E-state index in [-0.39, 0.29) is 5.91 Å². The van der Waals surface area contributed by atoms with Gasteiger partial charge in [-0.05, 0) is 17.7 Å². The fourth-order valence-electron chi connectivity index (χ4n) is 2.10. The highest BCUT2D eigenvalue weighted by Gasteiger charge is 2.16. The standard InChI is InChI=1S/C13H10N2O/c14-13(16)10-6-5-8-7-15-11-4-2-1-3-9(11)12(8)10/h1-7,15H,(H2,14,16). The van der Waals surface area contributed by atoms with Crippen LogP contribution in [0.2, 0.25) is 0 Å². The predicted octanol–water partition coefficient (Wildman–Crippen LogP) is 2.37. The molecule has 16 heavy (non-hydrogen) atoms. The molecule has 0 spiro atoms. The fourth-order valence-corrected chi connectivity index (χ4v) is 2.10. The maximum absolute atomic E-state index is 11.3. The zero-order chi connectivity index (χ0) is 11.1. The van der Waals surface area contributed by atoms with Crippen molar-refractivity contribution in [3.8, 4) is 11.1 Å². The van der Waals surface area contributed by atoms with Crippen LogP contribution in [-0.2, 0) is 0 Å². The molecular weight excluding hydrogens is 200 g/mol. The molecule has 0 radical (unpaired) electrons. The molecule has 0 aromatic heterocycles. The topological polar surface area (TPSA) is 58.9 Å². The van der Waals surface area contributed by atoms with E-state index in [1.54, 1.807) is 6.07 Å². The molecule has 3 heteroatoms. The smallest absolute Gasteiger partial charge is 0.249 e. The molecule has 2 aliphatic rings. The van der Waals surface area contributed by atoms with E-state index in [0.29, 0.717) is 5.56 Å². The summed E-state index contributed by atoms with van der Waals surface area (Å²) in [5, 5.41) is 1.03. The number of pyridine rings is 1. The van der Waals surface area contributed by atoms with Crippen molar-refractivity contribution in [3.05, 3.63) is 48.2 Å². The van der Waals surface area contributed by atoms with Crippen molar-refractivity contribution < 1.29 is 4.79 Å². The van der Waals surface area contributed by atoms with Crippen LogP contribution in [0.4, 0.5) is 0 Å². The number of benzene rings is 1. The molecule has 0 unspecified atom stereocenters. The van der Waals surface area contributed by atoms with Gasteiger partial charge in [0.05, 0.1) is 0 Å². The van der Waals surface area contributed by atoms with Gasteiger partial charge in [-0.2, -0.15) is 0 Å². The van der Waals surface area contributed by atoms with E-state index in [1.165, 1.54) is 0 Å². The molecule has 0 atom stereocenters. The molecule has 78 valence electrons. The third kappa shape index (κ3) is 1.11. The Bertz CT molecular complexity index is 654. The maximum atomic E-state index is 11.3. The number of primary amides is 1. The largest absolute Gasteiger partial charge is 0.366 e. The zero-order valence-corrected chi connectivity index (χ0v) is 8.53. The van der Waals surface area contributed by atoms with Crippen molar-refractivity contribution in [2.24, 2.45) is 5.73 Å². The van der Waals surface area contributed by atoms with Gasteiger partial charge >= 0.3 is 0 Å². The second-order valence-electron chi connectivity index (χ2n) is 3.78. The molecule has 1 amide bonds. The lowest BCUT2D eigenvalue weighted by molar-refractivity contribution is 0.100. The zero-order valence-electron chi connectivity index (χ0n) is 8.53. The number of amides is 1. The van der Waals surface area contributed by atoms with E-state index < -0.39 is 0 Å². The molecule has 0 bridgehead atoms. The summed E-state index contributed by atoms with van der Waals surface area (Å²) in [5.41, 5.74) is 8.89. The molecule has 1 aromatic rings. The lowest BCUT2D eigenvalue weighted by atomic mass is 10.0. The Morgan fingerprint density at radius 1 is 1.12 bits per heavy atom. The monoisotopic (exact) mass is 210 g/mol. The van der Waals surface area contributed by atoms with Crippen molar-refractivity contribution in [1.29, 1.82) is 0 Å². The molecule has 3 N–H and O–H groups in total. The van der Waals surface area contributed by atoms with Gasteiger partial charge < -0.3 is 10.7 Å². The number of rotatable bonds is 1. The van der Waals surface area contributed by atoms with Gasteiger partial charge in [0.15, 0.2) is 0 Å². The average Bonchev–Trinajstić information content (AvgIpc) is 2.73. The highest BCUT2D eigenvalue weighted by atomic mass is 16.1. The normalized spacial score (nSPS) is 11.0. The van der Waals surface area contributed by atoms with E-state index >= 15 is 0 Å². The maximum Gasteiger partial charge on any atom is 0.249 e. The summed E-state index contributed by atoms with van der Waals surface area (Å²) in [5.74, 6) is -0.383. The second kappa shape index (κ2) is 3.10. The van der Waals surface area contributed by atoms with Gasteiger partial charge in [0, 0.05) is 28.2 Å². The first-order valence-electron chi connectivity index (χ1n) is 5.06. The Kier molecular flexibility index (Phi) is 1.74. The predicted molar refractivity (Wildman–Crippen MR) is 63.4 cm³/mol. The minimum Gasteiger partial charge on any atom is -0.366 e. The van der Waals surface area contributed by atoms with Crippen LogP contribution in [0.1, 0.15) is 10.4 Å². The summed E-state index contributed by atoms with van der Waals surface area (Å²) < 4.78 is 0. The van der Waals surface area contributed by atoms with Crippen molar-refractivity contribution >= 4 is 16.8 Å². The molecule has 1 aliphatic carbocycles. The third-order valence-electron chi connectivity index (χ3n) is 2.83. The average molecular weight is 210 g/mol. The minimum atomic E-state index is -0.383. The van der Waals surface area contributed by atoms with Crippen LogP contribution in [0.25, 0.3) is 22.0 Å². The number of aromatic nitrogens is 1. The van der Waals surface area contributed by atoms with Crippen molar-refractivity contribution in [3.63, 3.8) is 0 Å². The van der Waals surface area contributed by atoms with Crippen LogP contribution >= 0.6 is 0 Å². The highest BCUT2D eigenvalue weighted by Crippen LogP contribution is 2.33. The van der Waals surface area contributed by atoms with Crippen molar-refractivity contribution in [2.75, 3.05) is 0 Å². The van der Waals surface area contributed by atoms with E-state index in [4.69, 9.17) is 5.73 Å². The number of H-pyrrole nitrogens is 1. The first kappa shape index (κ1) is 8.97. The Morgan fingerprint density at radius 3 is 2.75 bits per heavy atom. The Morgan fingerprint density at radius 2 is 1.94 bits per heavy atom. The Hall–Kier alpha value is -2.29.